The third-order valence-corrected chi connectivity index (χ3v) is 6.07. The van der Waals surface area contributed by atoms with Crippen LogP contribution in [0.1, 0.15) is 11.1 Å². The number of fused-ring (bicyclic) bond motifs is 1. The number of benzene rings is 3. The zero-order valence-corrected chi connectivity index (χ0v) is 18.9. The van der Waals surface area contributed by atoms with Crippen molar-refractivity contribution in [3.63, 3.8) is 0 Å². The average molecular weight is 452 g/mol. The molecule has 1 aromatic heterocycles. The molecule has 2 aliphatic rings. The number of rotatable bonds is 6. The van der Waals surface area contributed by atoms with Gasteiger partial charge in [-0.3, -0.25) is 9.98 Å². The minimum absolute atomic E-state index is 0.666. The van der Waals surface area contributed by atoms with E-state index in [1.807, 2.05) is 42.5 Å². The fourth-order valence-electron chi connectivity index (χ4n) is 4.34. The molecule has 0 unspecified atom stereocenters. The molecule has 0 saturated carbocycles. The first kappa shape index (κ1) is 20.4. The number of hydrogen-bond donors (Lipinski definition) is 3. The fourth-order valence-corrected chi connectivity index (χ4v) is 4.34. The van der Waals surface area contributed by atoms with Gasteiger partial charge in [-0.1, -0.05) is 12.1 Å². The van der Waals surface area contributed by atoms with Crippen LogP contribution >= 0.6 is 0 Å². The highest BCUT2D eigenvalue weighted by Gasteiger charge is 2.13. The van der Waals surface area contributed by atoms with Gasteiger partial charge >= 0.3 is 0 Å². The van der Waals surface area contributed by atoms with Crippen LogP contribution in [0.4, 0.5) is 0 Å². The van der Waals surface area contributed by atoms with Crippen molar-refractivity contribution in [3.8, 4) is 28.5 Å². The minimum atomic E-state index is 0.666. The predicted molar refractivity (Wildman–Crippen MR) is 136 cm³/mol. The van der Waals surface area contributed by atoms with E-state index in [0.29, 0.717) is 11.5 Å². The standard InChI is InChI=1S/C27H25N5O2/c1-33-25-16-19(22-14-18-2-3-20(15-23(18)32-22)27-30-12-13-31-27)6-9-24(25)34-21-7-4-17(5-8-21)26-28-10-11-29-26/h2-9,14-16,32H,10-13H2,1H3,(H,28,29)(H,30,31). The van der Waals surface area contributed by atoms with Crippen molar-refractivity contribution in [3.05, 3.63) is 77.9 Å². The number of amidine groups is 2. The molecule has 4 aromatic rings. The molecule has 0 aliphatic carbocycles. The van der Waals surface area contributed by atoms with Crippen LogP contribution in [0.2, 0.25) is 0 Å². The quantitative estimate of drug-likeness (QED) is 0.407. The lowest BCUT2D eigenvalue weighted by Gasteiger charge is -2.12. The summed E-state index contributed by atoms with van der Waals surface area (Å²) in [6.07, 6.45) is 0. The summed E-state index contributed by atoms with van der Waals surface area (Å²) >= 11 is 0. The molecule has 0 fully saturated rings. The molecular weight excluding hydrogens is 426 g/mol. The summed E-state index contributed by atoms with van der Waals surface area (Å²) < 4.78 is 11.8. The molecule has 34 heavy (non-hydrogen) atoms. The van der Waals surface area contributed by atoms with E-state index >= 15 is 0 Å². The Bertz CT molecular complexity index is 1420. The molecule has 0 spiro atoms. The zero-order valence-electron chi connectivity index (χ0n) is 18.9. The highest BCUT2D eigenvalue weighted by Crippen LogP contribution is 2.36. The molecule has 0 radical (unpaired) electrons. The Morgan fingerprint density at radius 1 is 0.706 bits per heavy atom. The van der Waals surface area contributed by atoms with Crippen molar-refractivity contribution >= 4 is 22.6 Å². The largest absolute Gasteiger partial charge is 0.493 e. The number of H-pyrrole nitrogens is 1. The number of nitrogens with one attached hydrogen (secondary N) is 3. The van der Waals surface area contributed by atoms with Gasteiger partial charge in [0.05, 0.1) is 20.2 Å². The van der Waals surface area contributed by atoms with Gasteiger partial charge in [-0.15, -0.1) is 0 Å². The van der Waals surface area contributed by atoms with Gasteiger partial charge < -0.3 is 25.1 Å². The van der Waals surface area contributed by atoms with Crippen molar-refractivity contribution in [1.82, 2.24) is 15.6 Å². The van der Waals surface area contributed by atoms with Gasteiger partial charge in [-0.05, 0) is 54.6 Å². The van der Waals surface area contributed by atoms with E-state index in [1.54, 1.807) is 7.11 Å². The number of hydrogen-bond acceptors (Lipinski definition) is 6. The molecule has 6 rings (SSSR count). The van der Waals surface area contributed by atoms with E-state index in [0.717, 1.165) is 76.9 Å². The average Bonchev–Trinajstić information content (AvgIpc) is 3.66. The van der Waals surface area contributed by atoms with Crippen LogP contribution < -0.4 is 20.1 Å². The summed E-state index contributed by atoms with van der Waals surface area (Å²) in [5.41, 5.74) is 5.28. The topological polar surface area (TPSA) is 83.0 Å². The van der Waals surface area contributed by atoms with Crippen LogP contribution in [-0.4, -0.2) is 49.9 Å². The van der Waals surface area contributed by atoms with E-state index in [1.165, 1.54) is 0 Å². The summed E-state index contributed by atoms with van der Waals surface area (Å²) in [7, 11) is 1.66. The zero-order chi connectivity index (χ0) is 22.9. The van der Waals surface area contributed by atoms with Crippen molar-refractivity contribution in [2.24, 2.45) is 9.98 Å². The van der Waals surface area contributed by atoms with E-state index in [9.17, 15) is 0 Å². The second-order valence-electron chi connectivity index (χ2n) is 8.29. The smallest absolute Gasteiger partial charge is 0.169 e. The molecule has 7 nitrogen and oxygen atoms in total. The Morgan fingerprint density at radius 2 is 1.41 bits per heavy atom. The predicted octanol–water partition coefficient (Wildman–Crippen LogP) is 4.34. The molecule has 3 aromatic carbocycles. The normalized spacial score (nSPS) is 15.0. The molecule has 0 amide bonds. The van der Waals surface area contributed by atoms with Crippen molar-refractivity contribution in [2.75, 3.05) is 33.3 Å². The molecule has 0 bridgehead atoms. The van der Waals surface area contributed by atoms with Gasteiger partial charge in [-0.2, -0.15) is 0 Å². The van der Waals surface area contributed by atoms with Crippen molar-refractivity contribution in [2.45, 2.75) is 0 Å². The van der Waals surface area contributed by atoms with E-state index in [-0.39, 0.29) is 0 Å². The van der Waals surface area contributed by atoms with E-state index in [2.05, 4.69) is 49.9 Å². The highest BCUT2D eigenvalue weighted by molar-refractivity contribution is 6.03. The van der Waals surface area contributed by atoms with Gasteiger partial charge in [0.15, 0.2) is 11.5 Å². The number of methoxy groups -OCH3 is 1. The summed E-state index contributed by atoms with van der Waals surface area (Å²) in [5.74, 6) is 3.98. The number of aromatic nitrogens is 1. The van der Waals surface area contributed by atoms with Crippen molar-refractivity contribution < 1.29 is 9.47 Å². The molecule has 7 heteroatoms. The van der Waals surface area contributed by atoms with Gasteiger partial charge in [0.2, 0.25) is 0 Å². The van der Waals surface area contributed by atoms with Gasteiger partial charge in [0.1, 0.15) is 17.4 Å². The minimum Gasteiger partial charge on any atom is -0.493 e. The van der Waals surface area contributed by atoms with Gasteiger partial charge in [0, 0.05) is 46.4 Å². The maximum atomic E-state index is 6.12. The highest BCUT2D eigenvalue weighted by atomic mass is 16.5. The van der Waals surface area contributed by atoms with Crippen LogP contribution in [0.25, 0.3) is 22.2 Å². The van der Waals surface area contributed by atoms with Crippen LogP contribution in [-0.2, 0) is 0 Å². The number of aliphatic imine (C=N–C) groups is 2. The number of ether oxygens (including phenoxy) is 2. The molecule has 3 heterocycles. The summed E-state index contributed by atoms with van der Waals surface area (Å²) in [4.78, 5) is 12.5. The number of aromatic amines is 1. The Hall–Kier alpha value is -4.26. The van der Waals surface area contributed by atoms with Crippen LogP contribution in [0.3, 0.4) is 0 Å². The summed E-state index contributed by atoms with van der Waals surface area (Å²) in [6.45, 7) is 3.44. The van der Waals surface area contributed by atoms with Crippen LogP contribution in [0.15, 0.2) is 76.7 Å². The maximum absolute atomic E-state index is 6.12. The Labute approximate surface area is 197 Å². The monoisotopic (exact) mass is 451 g/mol. The Balaban J connectivity index is 1.25. The van der Waals surface area contributed by atoms with Crippen LogP contribution in [0, 0.1) is 0 Å². The second-order valence-corrected chi connectivity index (χ2v) is 8.29. The van der Waals surface area contributed by atoms with Gasteiger partial charge in [-0.25, -0.2) is 0 Å². The lowest BCUT2D eigenvalue weighted by atomic mass is 10.1. The maximum Gasteiger partial charge on any atom is 0.169 e. The first-order valence-electron chi connectivity index (χ1n) is 11.4. The molecule has 0 atom stereocenters. The van der Waals surface area contributed by atoms with Crippen LogP contribution in [0.5, 0.6) is 17.2 Å². The summed E-state index contributed by atoms with van der Waals surface area (Å²) in [5, 5.41) is 7.77. The molecule has 3 N–H and O–H groups in total. The third-order valence-electron chi connectivity index (χ3n) is 6.07. The molecule has 0 saturated heterocycles. The number of nitrogens with zero attached hydrogens (tertiary/aromatic N) is 2. The molecule has 2 aliphatic heterocycles. The van der Waals surface area contributed by atoms with Crippen molar-refractivity contribution in [1.29, 1.82) is 0 Å². The third kappa shape index (κ3) is 3.85. The first-order valence-corrected chi connectivity index (χ1v) is 11.4. The summed E-state index contributed by atoms with van der Waals surface area (Å²) in [6, 6.07) is 22.4. The van der Waals surface area contributed by atoms with E-state index < -0.39 is 0 Å². The lowest BCUT2D eigenvalue weighted by Crippen LogP contribution is -2.19. The SMILES string of the molecule is COc1cc(-c2cc3ccc(C4=NCCN4)cc3[nH]2)ccc1Oc1ccc(C2=NCCN2)cc1. The fraction of sp³-hybridized carbons (Fsp3) is 0.185. The molecule has 170 valence electrons. The Morgan fingerprint density at radius 3 is 2.12 bits per heavy atom. The lowest BCUT2D eigenvalue weighted by molar-refractivity contribution is 0.379. The Kier molecular flexibility index (Phi) is 5.14. The van der Waals surface area contributed by atoms with Gasteiger partial charge in [0.25, 0.3) is 0 Å². The van der Waals surface area contributed by atoms with E-state index in [4.69, 9.17) is 9.47 Å². The first-order chi connectivity index (χ1) is 16.8. The molecular formula is C27H25N5O2. The second kappa shape index (κ2) is 8.59.